The number of hydrogen-bond donors (Lipinski definition) is 0. The Bertz CT molecular complexity index is 336. The average Bonchev–Trinajstić information content (AvgIpc) is 2.34. The standard InChI is InChI=1S/C14H24O3S2/c1-6-10-12(19-8-7-18-10)11(15)9(2)13(16)17-14(3,4)5/h9-10,12H,6-8H2,1-5H3. The van der Waals surface area contributed by atoms with Crippen molar-refractivity contribution in [3.05, 3.63) is 0 Å². The normalized spacial score (nSPS) is 25.7. The first kappa shape index (κ1) is 16.9. The molecule has 0 aromatic rings. The summed E-state index contributed by atoms with van der Waals surface area (Å²) in [4.78, 5) is 24.4. The molecular weight excluding hydrogens is 280 g/mol. The molecule has 3 nitrogen and oxygen atoms in total. The largest absolute Gasteiger partial charge is 0.459 e. The van der Waals surface area contributed by atoms with E-state index in [0.29, 0.717) is 5.25 Å². The molecule has 0 saturated carbocycles. The molecule has 0 aromatic carbocycles. The van der Waals surface area contributed by atoms with Crippen molar-refractivity contribution in [2.75, 3.05) is 11.5 Å². The highest BCUT2D eigenvalue weighted by Crippen LogP contribution is 2.35. The topological polar surface area (TPSA) is 43.4 Å². The lowest BCUT2D eigenvalue weighted by Crippen LogP contribution is -2.40. The zero-order valence-corrected chi connectivity index (χ0v) is 14.0. The molecule has 0 aromatic heterocycles. The maximum absolute atomic E-state index is 12.5. The lowest BCUT2D eigenvalue weighted by Gasteiger charge is -2.30. The Kier molecular flexibility index (Phi) is 6.24. The third-order valence-corrected chi connectivity index (χ3v) is 6.18. The molecule has 110 valence electrons. The number of thioether (sulfide) groups is 2. The molecule has 0 N–H and O–H groups in total. The van der Waals surface area contributed by atoms with Gasteiger partial charge in [-0.3, -0.25) is 9.59 Å². The van der Waals surface area contributed by atoms with E-state index in [0.717, 1.165) is 17.9 Å². The van der Waals surface area contributed by atoms with E-state index in [-0.39, 0.29) is 11.0 Å². The average molecular weight is 304 g/mol. The molecule has 5 heteroatoms. The van der Waals surface area contributed by atoms with Gasteiger partial charge in [0.05, 0.1) is 5.25 Å². The highest BCUT2D eigenvalue weighted by atomic mass is 32.2. The third kappa shape index (κ3) is 5.03. The smallest absolute Gasteiger partial charge is 0.316 e. The molecule has 1 aliphatic heterocycles. The van der Waals surface area contributed by atoms with Crippen LogP contribution in [0.5, 0.6) is 0 Å². The number of esters is 1. The first-order valence-corrected chi connectivity index (χ1v) is 8.85. The van der Waals surface area contributed by atoms with Crippen LogP contribution >= 0.6 is 23.5 Å². The molecule has 1 rings (SSSR count). The Morgan fingerprint density at radius 2 is 1.84 bits per heavy atom. The van der Waals surface area contributed by atoms with Crippen LogP contribution in [0.2, 0.25) is 0 Å². The minimum atomic E-state index is -0.663. The molecular formula is C14H24O3S2. The second-order valence-electron chi connectivity index (χ2n) is 5.77. The number of Topliss-reactive ketones (excluding diaryl/α,β-unsaturated/α-hetero) is 1. The van der Waals surface area contributed by atoms with Gasteiger partial charge in [0.1, 0.15) is 11.5 Å². The Labute approximate surface area is 124 Å². The van der Waals surface area contributed by atoms with Gasteiger partial charge in [-0.15, -0.1) is 11.8 Å². The highest BCUT2D eigenvalue weighted by Gasteiger charge is 2.37. The van der Waals surface area contributed by atoms with Gasteiger partial charge in [-0.2, -0.15) is 11.8 Å². The van der Waals surface area contributed by atoms with E-state index >= 15 is 0 Å². The van der Waals surface area contributed by atoms with Gasteiger partial charge < -0.3 is 4.74 Å². The van der Waals surface area contributed by atoms with Crippen LogP contribution < -0.4 is 0 Å². The zero-order chi connectivity index (χ0) is 14.6. The number of ether oxygens (including phenoxy) is 1. The van der Waals surface area contributed by atoms with Crippen molar-refractivity contribution < 1.29 is 14.3 Å². The van der Waals surface area contributed by atoms with Gasteiger partial charge in [0.15, 0.2) is 5.78 Å². The third-order valence-electron chi connectivity index (χ3n) is 2.92. The van der Waals surface area contributed by atoms with Gasteiger partial charge in [0.25, 0.3) is 0 Å². The van der Waals surface area contributed by atoms with Crippen LogP contribution in [0.3, 0.4) is 0 Å². The molecule has 0 amide bonds. The number of carbonyl (C=O) groups is 2. The molecule has 1 aliphatic rings. The summed E-state index contributed by atoms with van der Waals surface area (Å²) in [5.74, 6) is 1.04. The van der Waals surface area contributed by atoms with Gasteiger partial charge in [-0.05, 0) is 34.1 Å². The van der Waals surface area contributed by atoms with E-state index in [1.54, 1.807) is 18.7 Å². The lowest BCUT2D eigenvalue weighted by molar-refractivity contribution is -0.161. The van der Waals surface area contributed by atoms with Crippen LogP contribution in [-0.2, 0) is 14.3 Å². The van der Waals surface area contributed by atoms with Crippen LogP contribution in [0, 0.1) is 5.92 Å². The van der Waals surface area contributed by atoms with Crippen molar-refractivity contribution in [1.82, 2.24) is 0 Å². The minimum Gasteiger partial charge on any atom is -0.459 e. The lowest BCUT2D eigenvalue weighted by atomic mass is 10.0. The number of rotatable bonds is 4. The molecule has 3 unspecified atom stereocenters. The van der Waals surface area contributed by atoms with Crippen molar-refractivity contribution in [3.8, 4) is 0 Å². The number of carbonyl (C=O) groups excluding carboxylic acids is 2. The van der Waals surface area contributed by atoms with Gasteiger partial charge >= 0.3 is 5.97 Å². The zero-order valence-electron chi connectivity index (χ0n) is 12.4. The van der Waals surface area contributed by atoms with Crippen molar-refractivity contribution in [3.63, 3.8) is 0 Å². The monoisotopic (exact) mass is 304 g/mol. The molecule has 19 heavy (non-hydrogen) atoms. The summed E-state index contributed by atoms with van der Waals surface area (Å²) in [6.45, 7) is 9.23. The van der Waals surface area contributed by atoms with Crippen molar-refractivity contribution in [2.45, 2.75) is 57.1 Å². The molecule has 0 bridgehead atoms. The molecule has 3 atom stereocenters. The van der Waals surface area contributed by atoms with Gasteiger partial charge in [0.2, 0.25) is 0 Å². The number of ketones is 1. The summed E-state index contributed by atoms with van der Waals surface area (Å²) in [5, 5.41) is 0.266. The maximum Gasteiger partial charge on any atom is 0.316 e. The Hall–Kier alpha value is -0.160. The van der Waals surface area contributed by atoms with E-state index in [1.165, 1.54) is 0 Å². The summed E-state index contributed by atoms with van der Waals surface area (Å²) in [5.41, 5.74) is -0.537. The van der Waals surface area contributed by atoms with Gasteiger partial charge in [-0.25, -0.2) is 0 Å². The van der Waals surface area contributed by atoms with E-state index in [1.807, 2.05) is 32.5 Å². The van der Waals surface area contributed by atoms with Crippen LogP contribution in [0.15, 0.2) is 0 Å². The fourth-order valence-corrected chi connectivity index (χ4v) is 5.04. The van der Waals surface area contributed by atoms with Crippen molar-refractivity contribution in [1.29, 1.82) is 0 Å². The predicted molar refractivity (Wildman–Crippen MR) is 82.8 cm³/mol. The molecule has 1 fully saturated rings. The molecule has 0 spiro atoms. The fraction of sp³-hybridized carbons (Fsp3) is 0.857. The molecule has 0 radical (unpaired) electrons. The Morgan fingerprint density at radius 3 is 2.37 bits per heavy atom. The van der Waals surface area contributed by atoms with Crippen molar-refractivity contribution in [2.24, 2.45) is 5.92 Å². The number of hydrogen-bond acceptors (Lipinski definition) is 5. The van der Waals surface area contributed by atoms with E-state index in [2.05, 4.69) is 6.92 Å². The molecule has 1 saturated heterocycles. The maximum atomic E-state index is 12.5. The first-order chi connectivity index (χ1) is 8.76. The SMILES string of the molecule is CCC1SCCSC1C(=O)C(C)C(=O)OC(C)(C)C. The summed E-state index contributed by atoms with van der Waals surface area (Å²) < 4.78 is 5.30. The molecule has 0 aliphatic carbocycles. The first-order valence-electron chi connectivity index (χ1n) is 6.76. The minimum absolute atomic E-state index is 0.0262. The quantitative estimate of drug-likeness (QED) is 0.589. The van der Waals surface area contributed by atoms with Crippen molar-refractivity contribution >= 4 is 35.3 Å². The summed E-state index contributed by atoms with van der Waals surface area (Å²) in [6.07, 6.45) is 0.967. The fourth-order valence-electron chi connectivity index (χ4n) is 1.92. The summed E-state index contributed by atoms with van der Waals surface area (Å²) >= 11 is 3.54. The van der Waals surface area contributed by atoms with Crippen LogP contribution in [0.4, 0.5) is 0 Å². The van der Waals surface area contributed by atoms with E-state index in [4.69, 9.17) is 4.74 Å². The second-order valence-corrected chi connectivity index (χ2v) is 8.36. The van der Waals surface area contributed by atoms with Crippen LogP contribution in [0.1, 0.15) is 41.0 Å². The Balaban J connectivity index is 2.67. The molecule has 1 heterocycles. The van der Waals surface area contributed by atoms with Crippen LogP contribution in [0.25, 0.3) is 0 Å². The van der Waals surface area contributed by atoms with E-state index < -0.39 is 17.5 Å². The second kappa shape index (κ2) is 7.02. The summed E-state index contributed by atoms with van der Waals surface area (Å²) in [7, 11) is 0. The van der Waals surface area contributed by atoms with Gasteiger partial charge in [0, 0.05) is 16.8 Å². The van der Waals surface area contributed by atoms with Gasteiger partial charge in [-0.1, -0.05) is 6.92 Å². The predicted octanol–water partition coefficient (Wildman–Crippen LogP) is 3.16. The Morgan fingerprint density at radius 1 is 1.26 bits per heavy atom. The highest BCUT2D eigenvalue weighted by molar-refractivity contribution is 8.07. The van der Waals surface area contributed by atoms with Crippen LogP contribution in [-0.4, -0.2) is 39.4 Å². The summed E-state index contributed by atoms with van der Waals surface area (Å²) in [6, 6.07) is 0. The van der Waals surface area contributed by atoms with E-state index in [9.17, 15) is 9.59 Å².